The van der Waals surface area contributed by atoms with Gasteiger partial charge in [0.25, 0.3) is 0 Å². The molecule has 0 saturated carbocycles. The maximum absolute atomic E-state index is 5.42. The fourth-order valence-corrected chi connectivity index (χ4v) is 4.38. The van der Waals surface area contributed by atoms with E-state index in [4.69, 9.17) is 4.74 Å². The predicted octanol–water partition coefficient (Wildman–Crippen LogP) is 2.88. The summed E-state index contributed by atoms with van der Waals surface area (Å²) >= 11 is 0. The molecule has 1 atom stereocenters. The number of aromatic nitrogens is 7. The highest BCUT2D eigenvalue weighted by molar-refractivity contribution is 5.94. The third kappa shape index (κ3) is 4.86. The van der Waals surface area contributed by atoms with Crippen LogP contribution < -0.4 is 15.0 Å². The maximum Gasteiger partial charge on any atom is 0.151 e. The zero-order valence-corrected chi connectivity index (χ0v) is 19.9. The largest absolute Gasteiger partial charge is 0.497 e. The number of piperidine rings is 1. The van der Waals surface area contributed by atoms with Crippen molar-refractivity contribution in [1.82, 2.24) is 40.7 Å². The van der Waals surface area contributed by atoms with Crippen molar-refractivity contribution in [3.63, 3.8) is 0 Å². The number of H-pyrrole nitrogens is 1. The van der Waals surface area contributed by atoms with Crippen LogP contribution in [0.15, 0.2) is 36.7 Å². The van der Waals surface area contributed by atoms with Gasteiger partial charge in [-0.2, -0.15) is 10.2 Å². The van der Waals surface area contributed by atoms with E-state index in [2.05, 4.69) is 60.8 Å². The molecule has 1 fully saturated rings. The lowest BCUT2D eigenvalue weighted by Gasteiger charge is -2.34. The van der Waals surface area contributed by atoms with E-state index in [1.54, 1.807) is 18.0 Å². The molecule has 10 nitrogen and oxygen atoms in total. The molecule has 5 rings (SSSR count). The molecule has 0 radical (unpaired) electrons. The Bertz CT molecular complexity index is 1230. The van der Waals surface area contributed by atoms with Gasteiger partial charge in [-0.15, -0.1) is 10.2 Å². The Morgan fingerprint density at radius 2 is 2.12 bits per heavy atom. The molecule has 4 heterocycles. The number of ether oxygens (including phenoxy) is 1. The van der Waals surface area contributed by atoms with Crippen LogP contribution in [0.1, 0.15) is 32.4 Å². The van der Waals surface area contributed by atoms with Gasteiger partial charge in [-0.05, 0) is 43.5 Å². The minimum Gasteiger partial charge on any atom is -0.497 e. The van der Waals surface area contributed by atoms with Crippen LogP contribution in [0, 0.1) is 5.92 Å². The van der Waals surface area contributed by atoms with Gasteiger partial charge in [-0.1, -0.05) is 19.1 Å². The number of benzene rings is 1. The molecule has 0 unspecified atom stereocenters. The van der Waals surface area contributed by atoms with Crippen LogP contribution in [0.5, 0.6) is 5.75 Å². The van der Waals surface area contributed by atoms with Gasteiger partial charge in [-0.25, -0.2) is 4.68 Å². The Morgan fingerprint density at radius 3 is 2.91 bits per heavy atom. The summed E-state index contributed by atoms with van der Waals surface area (Å²) in [4.78, 5) is 2.32. The van der Waals surface area contributed by atoms with Gasteiger partial charge < -0.3 is 15.0 Å². The standard InChI is InChI=1S/C24H31N9O/c1-16(2)11-25-17-5-4-8-32(13-17)24-7-6-18(27-30-24)14-33-15-23(29-31-33)20-9-19(34-3)10-22-21(20)12-26-28-22/h6-7,9-10,12,15-17,25H,4-5,8,11,13-14H2,1-3H3,(H,26,28)/t17-/m1/s1. The highest BCUT2D eigenvalue weighted by Crippen LogP contribution is 2.30. The number of rotatable bonds is 8. The normalized spacial score (nSPS) is 16.5. The van der Waals surface area contributed by atoms with Crippen LogP contribution in [0.3, 0.4) is 0 Å². The van der Waals surface area contributed by atoms with Crippen molar-refractivity contribution < 1.29 is 4.74 Å². The molecule has 0 aliphatic carbocycles. The van der Waals surface area contributed by atoms with E-state index in [1.807, 2.05) is 24.4 Å². The minimum absolute atomic E-state index is 0.497. The number of hydrogen-bond acceptors (Lipinski definition) is 8. The van der Waals surface area contributed by atoms with Gasteiger partial charge in [0.2, 0.25) is 0 Å². The fourth-order valence-electron chi connectivity index (χ4n) is 4.38. The number of methoxy groups -OCH3 is 1. The Hall–Kier alpha value is -3.53. The van der Waals surface area contributed by atoms with Crippen molar-refractivity contribution in [2.45, 2.75) is 39.3 Å². The predicted molar refractivity (Wildman–Crippen MR) is 131 cm³/mol. The first kappa shape index (κ1) is 22.3. The highest BCUT2D eigenvalue weighted by Gasteiger charge is 2.21. The topological polar surface area (TPSA) is 110 Å². The van der Waals surface area contributed by atoms with Crippen LogP contribution in [0.2, 0.25) is 0 Å². The fraction of sp³-hybridized carbons (Fsp3) is 0.458. The summed E-state index contributed by atoms with van der Waals surface area (Å²) < 4.78 is 7.19. The van der Waals surface area contributed by atoms with E-state index in [0.717, 1.165) is 65.5 Å². The molecule has 1 aliphatic rings. The molecule has 2 N–H and O–H groups in total. The average molecular weight is 462 g/mol. The van der Waals surface area contributed by atoms with Gasteiger partial charge in [0.1, 0.15) is 11.4 Å². The lowest BCUT2D eigenvalue weighted by molar-refractivity contribution is 0.398. The van der Waals surface area contributed by atoms with Crippen LogP contribution in [0.25, 0.3) is 22.2 Å². The van der Waals surface area contributed by atoms with Gasteiger partial charge in [0.05, 0.1) is 37.3 Å². The van der Waals surface area contributed by atoms with Crippen molar-refractivity contribution in [2.24, 2.45) is 5.92 Å². The first-order chi connectivity index (χ1) is 16.6. The zero-order valence-electron chi connectivity index (χ0n) is 19.9. The van der Waals surface area contributed by atoms with Crippen molar-refractivity contribution in [3.05, 3.63) is 42.4 Å². The molecule has 1 saturated heterocycles. The third-order valence-electron chi connectivity index (χ3n) is 6.17. The van der Waals surface area contributed by atoms with E-state index < -0.39 is 0 Å². The van der Waals surface area contributed by atoms with Crippen molar-refractivity contribution >= 4 is 16.7 Å². The van der Waals surface area contributed by atoms with Crippen LogP contribution in [-0.2, 0) is 6.54 Å². The smallest absolute Gasteiger partial charge is 0.151 e. The summed E-state index contributed by atoms with van der Waals surface area (Å²) in [5.74, 6) is 2.32. The van der Waals surface area contributed by atoms with Gasteiger partial charge >= 0.3 is 0 Å². The minimum atomic E-state index is 0.497. The van der Waals surface area contributed by atoms with Crippen molar-refractivity contribution in [2.75, 3.05) is 31.6 Å². The molecule has 0 bridgehead atoms. The number of nitrogens with one attached hydrogen (secondary N) is 2. The van der Waals surface area contributed by atoms with Crippen molar-refractivity contribution in [3.8, 4) is 17.0 Å². The van der Waals surface area contributed by atoms with E-state index >= 15 is 0 Å². The maximum atomic E-state index is 5.42. The lowest BCUT2D eigenvalue weighted by Crippen LogP contribution is -2.47. The van der Waals surface area contributed by atoms with Crippen LogP contribution >= 0.6 is 0 Å². The van der Waals surface area contributed by atoms with E-state index in [0.29, 0.717) is 18.5 Å². The second-order valence-corrected chi connectivity index (χ2v) is 9.28. The van der Waals surface area contributed by atoms with E-state index in [9.17, 15) is 0 Å². The summed E-state index contributed by atoms with van der Waals surface area (Å²) in [5.41, 5.74) is 3.40. The SMILES string of the molecule is COc1cc(-c2cn(Cc3ccc(N4CCC[C@@H](NCC(C)C)C4)nn3)nn2)c2cn[nH]c2c1. The number of aromatic amines is 1. The van der Waals surface area contributed by atoms with E-state index in [1.165, 1.54) is 6.42 Å². The number of hydrogen-bond donors (Lipinski definition) is 2. The quantitative estimate of drug-likeness (QED) is 0.412. The van der Waals surface area contributed by atoms with Gasteiger partial charge in [0, 0.05) is 36.1 Å². The molecule has 0 spiro atoms. The molecule has 1 aromatic carbocycles. The van der Waals surface area contributed by atoms with E-state index in [-0.39, 0.29) is 0 Å². The Morgan fingerprint density at radius 1 is 1.21 bits per heavy atom. The lowest BCUT2D eigenvalue weighted by atomic mass is 10.0. The molecule has 178 valence electrons. The highest BCUT2D eigenvalue weighted by atomic mass is 16.5. The molecular weight excluding hydrogens is 430 g/mol. The van der Waals surface area contributed by atoms with Gasteiger partial charge in [0.15, 0.2) is 5.82 Å². The number of fused-ring (bicyclic) bond motifs is 1. The molecular formula is C24H31N9O. The molecule has 0 amide bonds. The van der Waals surface area contributed by atoms with Crippen LogP contribution in [0.4, 0.5) is 5.82 Å². The first-order valence-corrected chi connectivity index (χ1v) is 11.8. The summed E-state index contributed by atoms with van der Waals surface area (Å²) in [6, 6.07) is 8.45. The monoisotopic (exact) mass is 461 g/mol. The average Bonchev–Trinajstić information content (AvgIpc) is 3.52. The van der Waals surface area contributed by atoms with Gasteiger partial charge in [-0.3, -0.25) is 5.10 Å². The Balaban J connectivity index is 1.26. The van der Waals surface area contributed by atoms with Crippen molar-refractivity contribution in [1.29, 1.82) is 0 Å². The molecule has 10 heteroatoms. The molecule has 34 heavy (non-hydrogen) atoms. The molecule has 1 aliphatic heterocycles. The summed E-state index contributed by atoms with van der Waals surface area (Å²) in [7, 11) is 1.65. The second-order valence-electron chi connectivity index (χ2n) is 9.28. The van der Waals surface area contributed by atoms with Crippen LogP contribution in [-0.4, -0.2) is 68.2 Å². The Kier molecular flexibility index (Phi) is 6.39. The zero-order chi connectivity index (χ0) is 23.5. The third-order valence-corrected chi connectivity index (χ3v) is 6.17. The molecule has 4 aromatic rings. The first-order valence-electron chi connectivity index (χ1n) is 11.8. The number of nitrogens with zero attached hydrogens (tertiary/aromatic N) is 7. The summed E-state index contributed by atoms with van der Waals surface area (Å²) in [6.07, 6.45) is 6.07. The summed E-state index contributed by atoms with van der Waals surface area (Å²) in [6.45, 7) is 8.01. The number of anilines is 1. The molecule has 3 aromatic heterocycles. The Labute approximate surface area is 198 Å². The summed E-state index contributed by atoms with van der Waals surface area (Å²) in [5, 5.41) is 29.4. The second kappa shape index (κ2) is 9.76.